The third kappa shape index (κ3) is 2.53. The molecule has 0 amide bonds. The Morgan fingerprint density at radius 2 is 2.00 bits per heavy atom. The van der Waals surface area contributed by atoms with Gasteiger partial charge in [-0.05, 0) is 29.1 Å². The van der Waals surface area contributed by atoms with Crippen LogP contribution in [0.5, 0.6) is 0 Å². The summed E-state index contributed by atoms with van der Waals surface area (Å²) in [6, 6.07) is 11.0. The maximum Gasteiger partial charge on any atom is 0.191 e. The SMILES string of the molecule is N[C@H](c1ccc(Cl)cc1)c1nc(-c2cccs2)n[nH]1. The molecular weight excluding hydrogens is 280 g/mol. The van der Waals surface area contributed by atoms with Crippen LogP contribution in [0.15, 0.2) is 41.8 Å². The van der Waals surface area contributed by atoms with Crippen LogP contribution in [0.4, 0.5) is 0 Å². The van der Waals surface area contributed by atoms with Gasteiger partial charge in [0.05, 0.1) is 10.9 Å². The van der Waals surface area contributed by atoms with Crippen LogP contribution in [0.25, 0.3) is 10.7 Å². The smallest absolute Gasteiger partial charge is 0.191 e. The Morgan fingerprint density at radius 1 is 1.21 bits per heavy atom. The number of hydrogen-bond donors (Lipinski definition) is 2. The van der Waals surface area contributed by atoms with Gasteiger partial charge in [-0.2, -0.15) is 5.10 Å². The second-order valence-corrected chi connectivity index (χ2v) is 5.43. The summed E-state index contributed by atoms with van der Waals surface area (Å²) in [6.45, 7) is 0. The van der Waals surface area contributed by atoms with Crippen molar-refractivity contribution in [3.63, 3.8) is 0 Å². The van der Waals surface area contributed by atoms with Gasteiger partial charge in [0.2, 0.25) is 0 Å². The molecule has 1 atom stereocenters. The first-order valence-electron chi connectivity index (χ1n) is 5.71. The van der Waals surface area contributed by atoms with Gasteiger partial charge < -0.3 is 5.73 Å². The number of hydrogen-bond acceptors (Lipinski definition) is 4. The van der Waals surface area contributed by atoms with Crippen LogP contribution >= 0.6 is 22.9 Å². The number of aromatic nitrogens is 3. The number of nitrogens with one attached hydrogen (secondary N) is 1. The fourth-order valence-corrected chi connectivity index (χ4v) is 2.54. The summed E-state index contributed by atoms with van der Waals surface area (Å²) in [5.41, 5.74) is 7.10. The summed E-state index contributed by atoms with van der Waals surface area (Å²) in [6.07, 6.45) is 0. The van der Waals surface area contributed by atoms with Gasteiger partial charge in [0.1, 0.15) is 5.82 Å². The fourth-order valence-electron chi connectivity index (χ4n) is 1.76. The summed E-state index contributed by atoms with van der Waals surface area (Å²) >= 11 is 7.45. The van der Waals surface area contributed by atoms with Gasteiger partial charge in [0.15, 0.2) is 5.82 Å². The molecule has 3 rings (SSSR count). The van der Waals surface area contributed by atoms with E-state index in [0.717, 1.165) is 10.4 Å². The molecule has 0 aliphatic carbocycles. The molecule has 4 nitrogen and oxygen atoms in total. The number of benzene rings is 1. The highest BCUT2D eigenvalue weighted by Crippen LogP contribution is 2.23. The lowest BCUT2D eigenvalue weighted by atomic mass is 10.1. The van der Waals surface area contributed by atoms with Crippen molar-refractivity contribution in [2.75, 3.05) is 0 Å². The number of aromatic amines is 1. The first-order chi connectivity index (χ1) is 9.24. The molecule has 0 fully saturated rings. The zero-order valence-corrected chi connectivity index (χ0v) is 11.4. The molecule has 0 unspecified atom stereocenters. The van der Waals surface area contributed by atoms with Gasteiger partial charge in [-0.1, -0.05) is 29.8 Å². The topological polar surface area (TPSA) is 67.6 Å². The van der Waals surface area contributed by atoms with Crippen molar-refractivity contribution in [1.82, 2.24) is 15.2 Å². The van der Waals surface area contributed by atoms with E-state index in [1.807, 2.05) is 41.8 Å². The predicted molar refractivity (Wildman–Crippen MR) is 77.2 cm³/mol. The van der Waals surface area contributed by atoms with Crippen LogP contribution in [-0.4, -0.2) is 15.2 Å². The second kappa shape index (κ2) is 5.13. The van der Waals surface area contributed by atoms with Gasteiger partial charge >= 0.3 is 0 Å². The van der Waals surface area contributed by atoms with E-state index in [0.29, 0.717) is 16.7 Å². The lowest BCUT2D eigenvalue weighted by molar-refractivity contribution is 0.787. The first-order valence-corrected chi connectivity index (χ1v) is 6.97. The Balaban J connectivity index is 1.88. The summed E-state index contributed by atoms with van der Waals surface area (Å²) in [5, 5.41) is 9.76. The number of H-pyrrole nitrogens is 1. The van der Waals surface area contributed by atoms with Gasteiger partial charge in [0, 0.05) is 5.02 Å². The van der Waals surface area contributed by atoms with Crippen molar-refractivity contribution in [2.24, 2.45) is 5.73 Å². The highest BCUT2D eigenvalue weighted by atomic mass is 35.5. The van der Waals surface area contributed by atoms with E-state index >= 15 is 0 Å². The molecule has 0 saturated carbocycles. The number of rotatable bonds is 3. The minimum Gasteiger partial charge on any atom is -0.318 e. The Hall–Kier alpha value is -1.69. The first kappa shape index (κ1) is 12.3. The van der Waals surface area contributed by atoms with E-state index in [1.54, 1.807) is 11.3 Å². The van der Waals surface area contributed by atoms with E-state index in [9.17, 15) is 0 Å². The van der Waals surface area contributed by atoms with Gasteiger partial charge in [-0.3, -0.25) is 5.10 Å². The van der Waals surface area contributed by atoms with Crippen LogP contribution in [0.2, 0.25) is 5.02 Å². The number of nitrogens with zero attached hydrogens (tertiary/aromatic N) is 2. The monoisotopic (exact) mass is 290 g/mol. The third-order valence-corrected chi connectivity index (χ3v) is 3.89. The standard InChI is InChI=1S/C13H11ClN4S/c14-9-5-3-8(4-6-9)11(15)13-16-12(17-18-13)10-2-1-7-19-10/h1-7,11H,15H2,(H,16,17,18)/t11-/m1/s1. The Labute approximate surface area is 119 Å². The highest BCUT2D eigenvalue weighted by Gasteiger charge is 2.14. The van der Waals surface area contributed by atoms with Crippen molar-refractivity contribution in [1.29, 1.82) is 0 Å². The molecule has 3 N–H and O–H groups in total. The van der Waals surface area contributed by atoms with Crippen molar-refractivity contribution in [2.45, 2.75) is 6.04 Å². The molecule has 1 aromatic carbocycles. The molecule has 0 aliphatic heterocycles. The van der Waals surface area contributed by atoms with Crippen molar-refractivity contribution in [3.05, 3.63) is 58.2 Å². The van der Waals surface area contributed by atoms with Crippen LogP contribution in [0.3, 0.4) is 0 Å². The fraction of sp³-hybridized carbons (Fsp3) is 0.0769. The van der Waals surface area contributed by atoms with Crippen LogP contribution in [-0.2, 0) is 0 Å². The summed E-state index contributed by atoms with van der Waals surface area (Å²) in [4.78, 5) is 5.46. The van der Waals surface area contributed by atoms with E-state index in [-0.39, 0.29) is 6.04 Å². The van der Waals surface area contributed by atoms with E-state index in [4.69, 9.17) is 17.3 Å². The zero-order valence-electron chi connectivity index (χ0n) is 9.88. The minimum absolute atomic E-state index is 0.335. The number of thiophene rings is 1. The van der Waals surface area contributed by atoms with Crippen LogP contribution in [0, 0.1) is 0 Å². The Kier molecular flexibility index (Phi) is 3.33. The molecule has 0 aliphatic rings. The molecule has 0 saturated heterocycles. The van der Waals surface area contributed by atoms with E-state index in [1.165, 1.54) is 0 Å². The van der Waals surface area contributed by atoms with Crippen molar-refractivity contribution in [3.8, 4) is 10.7 Å². The average Bonchev–Trinajstić information content (AvgIpc) is 3.10. The molecule has 0 bridgehead atoms. The Bertz CT molecular complexity index is 660. The maximum absolute atomic E-state index is 6.16. The van der Waals surface area contributed by atoms with Gasteiger partial charge in [-0.25, -0.2) is 4.98 Å². The second-order valence-electron chi connectivity index (χ2n) is 4.05. The molecule has 6 heteroatoms. The molecule has 96 valence electrons. The number of nitrogens with two attached hydrogens (primary N) is 1. The van der Waals surface area contributed by atoms with Crippen molar-refractivity contribution >= 4 is 22.9 Å². The molecule has 0 spiro atoms. The quantitative estimate of drug-likeness (QED) is 0.778. The Morgan fingerprint density at radius 3 is 2.68 bits per heavy atom. The minimum atomic E-state index is -0.335. The van der Waals surface area contributed by atoms with E-state index < -0.39 is 0 Å². The molecule has 3 aromatic rings. The van der Waals surface area contributed by atoms with Gasteiger partial charge in [0.25, 0.3) is 0 Å². The molecular formula is C13H11ClN4S. The number of halogens is 1. The largest absolute Gasteiger partial charge is 0.318 e. The molecule has 0 radical (unpaired) electrons. The third-order valence-electron chi connectivity index (χ3n) is 2.77. The predicted octanol–water partition coefficient (Wildman–Crippen LogP) is 3.23. The van der Waals surface area contributed by atoms with Crippen LogP contribution in [0.1, 0.15) is 17.4 Å². The average molecular weight is 291 g/mol. The van der Waals surface area contributed by atoms with Crippen molar-refractivity contribution < 1.29 is 0 Å². The molecule has 19 heavy (non-hydrogen) atoms. The lowest BCUT2D eigenvalue weighted by Gasteiger charge is -2.08. The van der Waals surface area contributed by atoms with Gasteiger partial charge in [-0.15, -0.1) is 11.3 Å². The molecule has 2 aromatic heterocycles. The normalized spacial score (nSPS) is 12.5. The summed E-state index contributed by atoms with van der Waals surface area (Å²) in [7, 11) is 0. The maximum atomic E-state index is 6.16. The molecule has 2 heterocycles. The van der Waals surface area contributed by atoms with Crippen LogP contribution < -0.4 is 5.73 Å². The van der Waals surface area contributed by atoms with E-state index in [2.05, 4.69) is 15.2 Å². The highest BCUT2D eigenvalue weighted by molar-refractivity contribution is 7.13. The summed E-state index contributed by atoms with van der Waals surface area (Å²) < 4.78 is 0. The zero-order chi connectivity index (χ0) is 13.2. The summed E-state index contributed by atoms with van der Waals surface area (Å²) in [5.74, 6) is 1.32. The lowest BCUT2D eigenvalue weighted by Crippen LogP contribution is -2.13.